The van der Waals surface area contributed by atoms with Gasteiger partial charge < -0.3 is 0 Å². The maximum absolute atomic E-state index is 7.92. The summed E-state index contributed by atoms with van der Waals surface area (Å²) < 4.78 is 1.41. The Morgan fingerprint density at radius 2 is 1.43 bits per heavy atom. The van der Waals surface area contributed by atoms with Gasteiger partial charge in [-0.2, -0.15) is 0 Å². The summed E-state index contributed by atoms with van der Waals surface area (Å²) in [4.78, 5) is 0. The first-order valence-corrected chi connectivity index (χ1v) is 26.6. The molecule has 1 aliphatic carbocycles. The molecule has 228 valence electrons. The van der Waals surface area contributed by atoms with Crippen molar-refractivity contribution in [2.24, 2.45) is 0 Å². The summed E-state index contributed by atoms with van der Waals surface area (Å²) in [5.41, 5.74) is 13.8. The molecule has 0 saturated heterocycles. The van der Waals surface area contributed by atoms with E-state index in [0.717, 1.165) is 6.42 Å². The predicted octanol–water partition coefficient (Wildman–Crippen LogP) is 9.81. The second kappa shape index (κ2) is 11.5. The zero-order valence-electron chi connectivity index (χ0n) is 27.8. The van der Waals surface area contributed by atoms with E-state index < -0.39 is 27.4 Å². The Bertz CT molecular complexity index is 1770. The average molecular weight is 717 g/mol. The van der Waals surface area contributed by atoms with Crippen molar-refractivity contribution < 1.29 is 17.9 Å². The Hall–Kier alpha value is -1.70. The minimum absolute atomic E-state index is 0.0476. The molecule has 0 amide bonds. The van der Waals surface area contributed by atoms with E-state index in [4.69, 9.17) is 17.0 Å². The Labute approximate surface area is 279 Å². The fourth-order valence-corrected chi connectivity index (χ4v) is 24.3. The van der Waals surface area contributed by atoms with E-state index in [-0.39, 0.29) is 14.5 Å². The van der Waals surface area contributed by atoms with Crippen LogP contribution in [-0.4, -0.2) is 9.52 Å². The van der Waals surface area contributed by atoms with E-state index in [0.29, 0.717) is 5.92 Å². The van der Waals surface area contributed by atoms with Gasteiger partial charge in [-0.3, -0.25) is 0 Å². The van der Waals surface area contributed by atoms with Crippen LogP contribution in [0.25, 0.3) is 28.3 Å². The molecule has 44 heavy (non-hydrogen) atoms. The Morgan fingerprint density at radius 3 is 2.05 bits per heavy atom. The third-order valence-electron chi connectivity index (χ3n) is 9.88. The quantitative estimate of drug-likeness (QED) is 0.159. The molecule has 1 atom stereocenters. The molecule has 1 unspecified atom stereocenters. The van der Waals surface area contributed by atoms with Gasteiger partial charge in [0.15, 0.2) is 0 Å². The van der Waals surface area contributed by atoms with E-state index in [1.54, 1.807) is 0 Å². The van der Waals surface area contributed by atoms with Gasteiger partial charge in [-0.1, -0.05) is 0 Å². The van der Waals surface area contributed by atoms with E-state index >= 15 is 0 Å². The van der Waals surface area contributed by atoms with Crippen molar-refractivity contribution in [1.82, 2.24) is 0 Å². The average Bonchev–Trinajstić information content (AvgIpc) is 3.54. The van der Waals surface area contributed by atoms with Crippen LogP contribution in [0.2, 0.25) is 0 Å². The second-order valence-electron chi connectivity index (χ2n) is 15.3. The van der Waals surface area contributed by atoms with Crippen LogP contribution in [-0.2, 0) is 28.7 Å². The van der Waals surface area contributed by atoms with Crippen LogP contribution in [0, 0.1) is 0 Å². The van der Waals surface area contributed by atoms with Crippen LogP contribution >= 0.6 is 17.0 Å². The molecule has 4 aromatic carbocycles. The van der Waals surface area contributed by atoms with Gasteiger partial charge in [-0.05, 0) is 0 Å². The fraction of sp³-hybridized carbons (Fsp3) is 0.350. The molecule has 1 heterocycles. The normalized spacial score (nSPS) is 16.7. The number of hydrogen-bond donors (Lipinski definition) is 0. The molecule has 0 nitrogen and oxygen atoms in total. The van der Waals surface area contributed by atoms with Crippen LogP contribution < -0.4 is 13.6 Å². The minimum atomic E-state index is -4.01. The van der Waals surface area contributed by atoms with Gasteiger partial charge in [-0.25, -0.2) is 0 Å². The molecular weight excluding hydrogens is 671 g/mol. The first kappa shape index (κ1) is 32.2. The molecule has 0 bridgehead atoms. The second-order valence-corrected chi connectivity index (χ2v) is 31.1. The summed E-state index contributed by atoms with van der Waals surface area (Å²) in [6, 6.07) is 27.8. The van der Waals surface area contributed by atoms with Gasteiger partial charge in [0.25, 0.3) is 0 Å². The van der Waals surface area contributed by atoms with Crippen molar-refractivity contribution in [3.63, 3.8) is 0 Å². The number of fused-ring (bicyclic) bond motifs is 4. The summed E-state index contributed by atoms with van der Waals surface area (Å²) >= 11 is -4.01. The number of halogens is 2. The molecule has 2 aliphatic rings. The molecule has 1 aliphatic heterocycles. The van der Waals surface area contributed by atoms with Crippen molar-refractivity contribution in [2.75, 3.05) is 0 Å². The SMILES string of the molecule is CCC1=Cc2c(ccc(C(C)C)c2-c2cc(C(C)(C)C)cc(C(C)(C)C)c2)[CH]1[Zr]([Cl])([Cl])[c]1cccc2c1[SiH2]c1ccccc1-2. The number of benzene rings is 4. The van der Waals surface area contributed by atoms with Crippen molar-refractivity contribution in [1.29, 1.82) is 0 Å². The topological polar surface area (TPSA) is 0 Å². The van der Waals surface area contributed by atoms with E-state index in [1.165, 1.54) is 69.3 Å². The molecule has 0 fully saturated rings. The van der Waals surface area contributed by atoms with Gasteiger partial charge in [-0.15, -0.1) is 0 Å². The zero-order chi connectivity index (χ0) is 31.8. The summed E-state index contributed by atoms with van der Waals surface area (Å²) in [7, 11) is 15.2. The number of allylic oxidation sites excluding steroid dienone is 1. The molecule has 0 spiro atoms. The van der Waals surface area contributed by atoms with E-state index in [2.05, 4.69) is 141 Å². The molecule has 0 radical (unpaired) electrons. The van der Waals surface area contributed by atoms with Crippen molar-refractivity contribution >= 4 is 46.3 Å². The van der Waals surface area contributed by atoms with Crippen molar-refractivity contribution in [2.45, 2.75) is 89.1 Å². The fourth-order valence-electron chi connectivity index (χ4n) is 7.33. The van der Waals surface area contributed by atoms with Gasteiger partial charge in [0.2, 0.25) is 0 Å². The van der Waals surface area contributed by atoms with Gasteiger partial charge >= 0.3 is 282 Å². The number of rotatable bonds is 5. The molecule has 4 aromatic rings. The number of hydrogen-bond acceptors (Lipinski definition) is 0. The van der Waals surface area contributed by atoms with E-state index in [9.17, 15) is 0 Å². The van der Waals surface area contributed by atoms with Crippen LogP contribution in [0.1, 0.15) is 106 Å². The molecular formula is C40H46Cl2SiZr. The molecule has 0 N–H and O–H groups in total. The van der Waals surface area contributed by atoms with Crippen LogP contribution in [0.4, 0.5) is 0 Å². The van der Waals surface area contributed by atoms with Crippen LogP contribution in [0.3, 0.4) is 0 Å². The van der Waals surface area contributed by atoms with Gasteiger partial charge in [0, 0.05) is 0 Å². The van der Waals surface area contributed by atoms with Crippen molar-refractivity contribution in [3.05, 3.63) is 106 Å². The monoisotopic (exact) mass is 714 g/mol. The molecule has 6 rings (SSSR count). The molecule has 0 aromatic heterocycles. The maximum atomic E-state index is 7.92. The van der Waals surface area contributed by atoms with Crippen LogP contribution in [0.5, 0.6) is 0 Å². The standard InChI is InChI=1S/C28H37.C12H9Si.2ClH.Zr/c1-10-19-13-20-11-12-24(18(2)3)26(25(20)14-19)21-15-22(27(4,5)6)17-23(16-21)28(7,8)9;1-3-7-11-9(5-1)10-6-2-4-8-12(10)13-11;;;/h11-18H,10H2,1-9H3;1-7H,13H2;2*1H;/q;;;;+2/p-2. The third-order valence-corrected chi connectivity index (χ3v) is 24.2. The summed E-state index contributed by atoms with van der Waals surface area (Å²) in [5.74, 6) is 0.395. The predicted molar refractivity (Wildman–Crippen MR) is 195 cm³/mol. The summed E-state index contributed by atoms with van der Waals surface area (Å²) in [5, 5.41) is 3.01. The molecule has 0 saturated carbocycles. The Kier molecular flexibility index (Phi) is 8.44. The summed E-state index contributed by atoms with van der Waals surface area (Å²) in [6.45, 7) is 20.9. The Balaban J connectivity index is 1.57. The molecule has 4 heteroatoms. The first-order chi connectivity index (χ1) is 20.6. The van der Waals surface area contributed by atoms with Crippen LogP contribution in [0.15, 0.2) is 78.4 Å². The first-order valence-electron chi connectivity index (χ1n) is 16.2. The Morgan fingerprint density at radius 1 is 0.795 bits per heavy atom. The zero-order valence-corrected chi connectivity index (χ0v) is 33.2. The van der Waals surface area contributed by atoms with Crippen molar-refractivity contribution in [3.8, 4) is 22.3 Å². The third kappa shape index (κ3) is 5.51. The van der Waals surface area contributed by atoms with E-state index in [1.807, 2.05) is 0 Å². The van der Waals surface area contributed by atoms with Gasteiger partial charge in [0.1, 0.15) is 0 Å². The van der Waals surface area contributed by atoms with Gasteiger partial charge in [0.05, 0.1) is 0 Å². The summed E-state index contributed by atoms with van der Waals surface area (Å²) in [6.07, 6.45) is 3.43.